The molecule has 0 fully saturated rings. The van der Waals surface area contributed by atoms with Crippen molar-refractivity contribution in [3.63, 3.8) is 0 Å². The number of nitrogens with zero attached hydrogens (tertiary/aromatic N) is 1. The fraction of sp³-hybridized carbons (Fsp3) is 0.176. The quantitative estimate of drug-likeness (QED) is 0.872. The standard InChI is InChI=1S/C17H15Cl2FN2O2/c1-22(16(24)9-11-4-2-5-12(20)8-11)10-15(23)21-17-13(18)6-3-7-14(17)19/h2-8H,9-10H2,1H3,(H,21,23). The molecule has 0 heterocycles. The number of hydrogen-bond donors (Lipinski definition) is 1. The summed E-state index contributed by atoms with van der Waals surface area (Å²) in [6, 6.07) is 10.6. The van der Waals surface area contributed by atoms with Crippen LogP contribution in [0.5, 0.6) is 0 Å². The van der Waals surface area contributed by atoms with Gasteiger partial charge in [0, 0.05) is 7.05 Å². The first kappa shape index (κ1) is 18.2. The maximum absolute atomic E-state index is 13.1. The van der Waals surface area contributed by atoms with Gasteiger partial charge in [-0.05, 0) is 29.8 Å². The van der Waals surface area contributed by atoms with Gasteiger partial charge in [0.15, 0.2) is 0 Å². The highest BCUT2D eigenvalue weighted by Crippen LogP contribution is 2.29. The molecular formula is C17H15Cl2FN2O2. The predicted molar refractivity (Wildman–Crippen MR) is 92.8 cm³/mol. The molecule has 2 aromatic rings. The van der Waals surface area contributed by atoms with Crippen LogP contribution in [0.3, 0.4) is 0 Å². The highest BCUT2D eigenvalue weighted by atomic mass is 35.5. The average Bonchev–Trinajstić information content (AvgIpc) is 2.51. The summed E-state index contributed by atoms with van der Waals surface area (Å²) in [5.41, 5.74) is 0.846. The first-order valence-corrected chi connectivity index (χ1v) is 7.84. The molecule has 2 aromatic carbocycles. The molecule has 0 aliphatic carbocycles. The lowest BCUT2D eigenvalue weighted by Crippen LogP contribution is -2.35. The molecule has 0 spiro atoms. The van der Waals surface area contributed by atoms with Crippen molar-refractivity contribution < 1.29 is 14.0 Å². The van der Waals surface area contributed by atoms with Gasteiger partial charge in [-0.3, -0.25) is 9.59 Å². The number of carbonyl (C=O) groups is 2. The molecule has 0 unspecified atom stereocenters. The Morgan fingerprint density at radius 2 is 1.75 bits per heavy atom. The molecule has 0 aliphatic rings. The van der Waals surface area contributed by atoms with Crippen molar-refractivity contribution in [3.05, 3.63) is 63.9 Å². The van der Waals surface area contributed by atoms with E-state index in [0.29, 0.717) is 21.3 Å². The van der Waals surface area contributed by atoms with Crippen LogP contribution in [-0.2, 0) is 16.0 Å². The van der Waals surface area contributed by atoms with Gasteiger partial charge in [-0.25, -0.2) is 4.39 Å². The van der Waals surface area contributed by atoms with E-state index in [1.807, 2.05) is 0 Å². The van der Waals surface area contributed by atoms with Crippen molar-refractivity contribution in [2.45, 2.75) is 6.42 Å². The number of amides is 2. The summed E-state index contributed by atoms with van der Waals surface area (Å²) in [6.07, 6.45) is 0.00832. The van der Waals surface area contributed by atoms with Crippen LogP contribution in [0, 0.1) is 5.82 Å². The normalized spacial score (nSPS) is 10.3. The minimum Gasteiger partial charge on any atom is -0.336 e. The van der Waals surface area contributed by atoms with E-state index in [1.54, 1.807) is 24.3 Å². The SMILES string of the molecule is CN(CC(=O)Nc1c(Cl)cccc1Cl)C(=O)Cc1cccc(F)c1. The van der Waals surface area contributed by atoms with Gasteiger partial charge in [0.2, 0.25) is 11.8 Å². The third-order valence-corrected chi connectivity index (χ3v) is 3.91. The third-order valence-electron chi connectivity index (χ3n) is 3.28. The highest BCUT2D eigenvalue weighted by molar-refractivity contribution is 6.39. The van der Waals surface area contributed by atoms with Gasteiger partial charge >= 0.3 is 0 Å². The van der Waals surface area contributed by atoms with Crippen LogP contribution in [0.4, 0.5) is 10.1 Å². The Morgan fingerprint density at radius 3 is 2.38 bits per heavy atom. The average molecular weight is 369 g/mol. The molecule has 0 atom stereocenters. The Balaban J connectivity index is 1.94. The molecule has 2 amide bonds. The number of hydrogen-bond acceptors (Lipinski definition) is 2. The minimum absolute atomic E-state index is 0.00832. The lowest BCUT2D eigenvalue weighted by atomic mass is 10.1. The Labute approximate surface area is 149 Å². The maximum Gasteiger partial charge on any atom is 0.244 e. The van der Waals surface area contributed by atoms with Crippen molar-refractivity contribution in [2.75, 3.05) is 18.9 Å². The molecule has 0 saturated heterocycles. The van der Waals surface area contributed by atoms with Crippen LogP contribution in [-0.4, -0.2) is 30.3 Å². The smallest absolute Gasteiger partial charge is 0.244 e. The lowest BCUT2D eigenvalue weighted by molar-refractivity contribution is -0.132. The van der Waals surface area contributed by atoms with Crippen molar-refractivity contribution in [1.82, 2.24) is 4.90 Å². The molecule has 126 valence electrons. The zero-order valence-corrected chi connectivity index (χ0v) is 14.4. The molecule has 2 rings (SSSR count). The Kier molecular flexibility index (Phi) is 6.17. The van der Waals surface area contributed by atoms with Gasteiger partial charge in [0.1, 0.15) is 5.82 Å². The van der Waals surface area contributed by atoms with Gasteiger partial charge in [0.25, 0.3) is 0 Å². The number of rotatable bonds is 5. The second kappa shape index (κ2) is 8.13. The molecular weight excluding hydrogens is 354 g/mol. The first-order valence-electron chi connectivity index (χ1n) is 7.09. The van der Waals surface area contributed by atoms with Gasteiger partial charge in [0.05, 0.1) is 28.7 Å². The molecule has 0 radical (unpaired) electrons. The molecule has 7 heteroatoms. The lowest BCUT2D eigenvalue weighted by Gasteiger charge is -2.17. The molecule has 24 heavy (non-hydrogen) atoms. The topological polar surface area (TPSA) is 49.4 Å². The number of halogens is 3. The van der Waals surface area contributed by atoms with Crippen molar-refractivity contribution >= 4 is 40.7 Å². The summed E-state index contributed by atoms with van der Waals surface area (Å²) in [6.45, 7) is -0.171. The Hall–Kier alpha value is -2.11. The van der Waals surface area contributed by atoms with E-state index in [1.165, 1.54) is 30.1 Å². The van der Waals surface area contributed by atoms with Gasteiger partial charge in [-0.2, -0.15) is 0 Å². The van der Waals surface area contributed by atoms with E-state index in [0.717, 1.165) is 0 Å². The fourth-order valence-electron chi connectivity index (χ4n) is 2.06. The van der Waals surface area contributed by atoms with Gasteiger partial charge < -0.3 is 10.2 Å². The molecule has 1 N–H and O–H groups in total. The molecule has 4 nitrogen and oxygen atoms in total. The monoisotopic (exact) mass is 368 g/mol. The van der Waals surface area contributed by atoms with Gasteiger partial charge in [-0.15, -0.1) is 0 Å². The highest BCUT2D eigenvalue weighted by Gasteiger charge is 2.15. The van der Waals surface area contributed by atoms with Crippen LogP contribution in [0.15, 0.2) is 42.5 Å². The van der Waals surface area contributed by atoms with Crippen LogP contribution in [0.1, 0.15) is 5.56 Å². The van der Waals surface area contributed by atoms with Crippen LogP contribution in [0.2, 0.25) is 10.0 Å². The van der Waals surface area contributed by atoms with Crippen molar-refractivity contribution in [3.8, 4) is 0 Å². The molecule has 0 aliphatic heterocycles. The second-order valence-electron chi connectivity index (χ2n) is 5.20. The molecule has 0 aromatic heterocycles. The van der Waals surface area contributed by atoms with E-state index in [4.69, 9.17) is 23.2 Å². The van der Waals surface area contributed by atoms with Crippen LogP contribution >= 0.6 is 23.2 Å². The predicted octanol–water partition coefficient (Wildman–Crippen LogP) is 3.77. The number of para-hydroxylation sites is 1. The number of benzene rings is 2. The van der Waals surface area contributed by atoms with E-state index < -0.39 is 11.7 Å². The summed E-state index contributed by atoms with van der Waals surface area (Å²) >= 11 is 12.0. The minimum atomic E-state index is -0.430. The van der Waals surface area contributed by atoms with Crippen LogP contribution in [0.25, 0.3) is 0 Å². The summed E-state index contributed by atoms with van der Waals surface area (Å²) in [7, 11) is 1.50. The van der Waals surface area contributed by atoms with Crippen molar-refractivity contribution in [2.24, 2.45) is 0 Å². The fourth-order valence-corrected chi connectivity index (χ4v) is 2.55. The van der Waals surface area contributed by atoms with Gasteiger partial charge in [-0.1, -0.05) is 41.4 Å². The molecule has 0 saturated carbocycles. The zero-order valence-electron chi connectivity index (χ0n) is 12.9. The summed E-state index contributed by atoms with van der Waals surface area (Å²) in [4.78, 5) is 25.4. The summed E-state index contributed by atoms with van der Waals surface area (Å²) < 4.78 is 13.1. The third kappa shape index (κ3) is 4.94. The Bertz CT molecular complexity index is 748. The van der Waals surface area contributed by atoms with E-state index >= 15 is 0 Å². The van der Waals surface area contributed by atoms with Crippen LogP contribution < -0.4 is 5.32 Å². The van der Waals surface area contributed by atoms with Crippen molar-refractivity contribution in [1.29, 1.82) is 0 Å². The zero-order chi connectivity index (χ0) is 17.7. The second-order valence-corrected chi connectivity index (χ2v) is 6.02. The Morgan fingerprint density at radius 1 is 1.12 bits per heavy atom. The first-order chi connectivity index (χ1) is 11.4. The molecule has 0 bridgehead atoms. The van der Waals surface area contributed by atoms with E-state index in [9.17, 15) is 14.0 Å². The number of likely N-dealkylation sites (N-methyl/N-ethyl adjacent to an activating group) is 1. The maximum atomic E-state index is 13.1. The largest absolute Gasteiger partial charge is 0.336 e. The summed E-state index contributed by atoms with van der Waals surface area (Å²) in [5, 5.41) is 3.20. The number of carbonyl (C=O) groups excluding carboxylic acids is 2. The van der Waals surface area contributed by atoms with E-state index in [2.05, 4.69) is 5.32 Å². The number of nitrogens with one attached hydrogen (secondary N) is 1. The van der Waals surface area contributed by atoms with E-state index in [-0.39, 0.29) is 18.9 Å². The number of anilines is 1. The summed E-state index contributed by atoms with van der Waals surface area (Å²) in [5.74, 6) is -1.14.